The van der Waals surface area contributed by atoms with Crippen LogP contribution in [-0.4, -0.2) is 21.7 Å². The SMILES string of the molecule is COc1cccc2c1nc(N)n1nc(Cc3ccc(C(F)(F)F)cc3)cc21. The van der Waals surface area contributed by atoms with Gasteiger partial charge in [0.25, 0.3) is 0 Å². The molecule has 0 unspecified atom stereocenters. The third-order valence-electron chi connectivity index (χ3n) is 4.36. The van der Waals surface area contributed by atoms with Gasteiger partial charge in [0.1, 0.15) is 11.3 Å². The number of alkyl halides is 3. The second-order valence-electron chi connectivity index (χ2n) is 6.13. The summed E-state index contributed by atoms with van der Waals surface area (Å²) in [6.45, 7) is 0. The van der Waals surface area contributed by atoms with Crippen LogP contribution in [0.1, 0.15) is 16.8 Å². The topological polar surface area (TPSA) is 65.4 Å². The van der Waals surface area contributed by atoms with Crippen molar-refractivity contribution in [2.24, 2.45) is 0 Å². The van der Waals surface area contributed by atoms with Gasteiger partial charge in [0, 0.05) is 11.8 Å². The minimum Gasteiger partial charge on any atom is -0.494 e. The number of methoxy groups -OCH3 is 1. The lowest BCUT2D eigenvalue weighted by molar-refractivity contribution is -0.137. The number of nitrogen functional groups attached to an aromatic ring is 1. The molecule has 0 amide bonds. The lowest BCUT2D eigenvalue weighted by Gasteiger charge is -2.07. The Morgan fingerprint density at radius 1 is 1.11 bits per heavy atom. The first kappa shape index (κ1) is 17.1. The first-order valence-electron chi connectivity index (χ1n) is 8.14. The van der Waals surface area contributed by atoms with E-state index in [2.05, 4.69) is 10.1 Å². The summed E-state index contributed by atoms with van der Waals surface area (Å²) in [5, 5.41) is 5.28. The van der Waals surface area contributed by atoms with Crippen molar-refractivity contribution < 1.29 is 17.9 Å². The highest BCUT2D eigenvalue weighted by molar-refractivity contribution is 5.97. The third-order valence-corrected chi connectivity index (χ3v) is 4.36. The zero-order chi connectivity index (χ0) is 19.2. The minimum atomic E-state index is -4.35. The predicted molar refractivity (Wildman–Crippen MR) is 95.7 cm³/mol. The Morgan fingerprint density at radius 3 is 2.52 bits per heavy atom. The van der Waals surface area contributed by atoms with Crippen LogP contribution >= 0.6 is 0 Å². The number of halogens is 3. The van der Waals surface area contributed by atoms with Crippen LogP contribution in [0, 0.1) is 0 Å². The largest absolute Gasteiger partial charge is 0.494 e. The van der Waals surface area contributed by atoms with Gasteiger partial charge < -0.3 is 10.5 Å². The van der Waals surface area contributed by atoms with Crippen LogP contribution in [0.2, 0.25) is 0 Å². The molecule has 138 valence electrons. The van der Waals surface area contributed by atoms with Crippen molar-refractivity contribution in [1.82, 2.24) is 14.6 Å². The van der Waals surface area contributed by atoms with Gasteiger partial charge in [-0.1, -0.05) is 24.3 Å². The number of aromatic nitrogens is 3. The second kappa shape index (κ2) is 6.15. The Bertz CT molecular complexity index is 1130. The lowest BCUT2D eigenvalue weighted by Crippen LogP contribution is -2.05. The number of rotatable bonds is 3. The first-order chi connectivity index (χ1) is 12.9. The zero-order valence-electron chi connectivity index (χ0n) is 14.3. The number of hydrogen-bond donors (Lipinski definition) is 1. The fraction of sp³-hybridized carbons (Fsp3) is 0.158. The van der Waals surface area contributed by atoms with Crippen LogP contribution < -0.4 is 10.5 Å². The molecule has 2 aromatic heterocycles. The van der Waals surface area contributed by atoms with Crippen molar-refractivity contribution in [2.75, 3.05) is 12.8 Å². The zero-order valence-corrected chi connectivity index (χ0v) is 14.3. The van der Waals surface area contributed by atoms with Crippen molar-refractivity contribution in [2.45, 2.75) is 12.6 Å². The van der Waals surface area contributed by atoms with Gasteiger partial charge in [-0.05, 0) is 29.8 Å². The molecule has 0 atom stereocenters. The van der Waals surface area contributed by atoms with Gasteiger partial charge in [-0.15, -0.1) is 0 Å². The van der Waals surface area contributed by atoms with Gasteiger partial charge in [-0.3, -0.25) is 0 Å². The van der Waals surface area contributed by atoms with E-state index in [-0.39, 0.29) is 5.95 Å². The lowest BCUT2D eigenvalue weighted by atomic mass is 10.1. The second-order valence-corrected chi connectivity index (χ2v) is 6.13. The van der Waals surface area contributed by atoms with Crippen molar-refractivity contribution >= 4 is 22.4 Å². The summed E-state index contributed by atoms with van der Waals surface area (Å²) in [4.78, 5) is 4.36. The Morgan fingerprint density at radius 2 is 1.85 bits per heavy atom. The number of hydrogen-bond acceptors (Lipinski definition) is 4. The average molecular weight is 372 g/mol. The summed E-state index contributed by atoms with van der Waals surface area (Å²) in [6, 6.07) is 12.4. The van der Waals surface area contributed by atoms with E-state index in [1.807, 2.05) is 18.2 Å². The van der Waals surface area contributed by atoms with Gasteiger partial charge in [-0.2, -0.15) is 22.8 Å². The molecule has 0 bridgehead atoms. The molecule has 4 aromatic rings. The van der Waals surface area contributed by atoms with E-state index in [0.29, 0.717) is 23.4 Å². The minimum absolute atomic E-state index is 0.209. The van der Waals surface area contributed by atoms with E-state index in [0.717, 1.165) is 28.6 Å². The third kappa shape index (κ3) is 3.03. The predicted octanol–water partition coefficient (Wildman–Crippen LogP) is 4.08. The molecule has 8 heteroatoms. The van der Waals surface area contributed by atoms with E-state index in [9.17, 15) is 13.2 Å². The maximum absolute atomic E-state index is 12.7. The molecule has 27 heavy (non-hydrogen) atoms. The molecule has 0 radical (unpaired) electrons. The fourth-order valence-electron chi connectivity index (χ4n) is 3.07. The Labute approximate surface area is 152 Å². The van der Waals surface area contributed by atoms with E-state index in [1.54, 1.807) is 13.2 Å². The summed E-state index contributed by atoms with van der Waals surface area (Å²) >= 11 is 0. The molecule has 0 saturated heterocycles. The number of fused-ring (bicyclic) bond motifs is 3. The van der Waals surface area contributed by atoms with Crippen LogP contribution in [0.3, 0.4) is 0 Å². The van der Waals surface area contributed by atoms with Crippen LogP contribution in [-0.2, 0) is 12.6 Å². The molecule has 0 spiro atoms. The van der Waals surface area contributed by atoms with Crippen LogP contribution in [0.25, 0.3) is 16.4 Å². The quantitative estimate of drug-likeness (QED) is 0.588. The highest BCUT2D eigenvalue weighted by Crippen LogP contribution is 2.30. The first-order valence-corrected chi connectivity index (χ1v) is 8.14. The van der Waals surface area contributed by atoms with Crippen LogP contribution in [0.5, 0.6) is 5.75 Å². The van der Waals surface area contributed by atoms with E-state index >= 15 is 0 Å². The smallest absolute Gasteiger partial charge is 0.416 e. The molecule has 0 aliphatic carbocycles. The number of nitrogens with two attached hydrogens (primary N) is 1. The summed E-state index contributed by atoms with van der Waals surface area (Å²) in [6.07, 6.45) is -3.97. The van der Waals surface area contributed by atoms with Gasteiger partial charge in [0.15, 0.2) is 0 Å². The Balaban J connectivity index is 1.75. The number of benzene rings is 2. The van der Waals surface area contributed by atoms with Crippen molar-refractivity contribution in [3.63, 3.8) is 0 Å². The summed E-state index contributed by atoms with van der Waals surface area (Å²) in [7, 11) is 1.56. The van der Waals surface area contributed by atoms with Crippen molar-refractivity contribution in [3.05, 3.63) is 65.4 Å². The fourth-order valence-corrected chi connectivity index (χ4v) is 3.07. The summed E-state index contributed by atoms with van der Waals surface area (Å²) in [5.74, 6) is 0.813. The molecule has 4 rings (SSSR count). The van der Waals surface area contributed by atoms with Crippen LogP contribution in [0.4, 0.5) is 19.1 Å². The van der Waals surface area contributed by atoms with Gasteiger partial charge in [0.2, 0.25) is 5.95 Å². The molecular formula is C19H15F3N4O. The van der Waals surface area contributed by atoms with Gasteiger partial charge in [-0.25, -0.2) is 4.98 Å². The number of ether oxygens (including phenoxy) is 1. The van der Waals surface area contributed by atoms with Crippen LogP contribution in [0.15, 0.2) is 48.5 Å². The number of para-hydroxylation sites is 1. The van der Waals surface area contributed by atoms with Crippen molar-refractivity contribution in [1.29, 1.82) is 0 Å². The molecule has 2 aromatic carbocycles. The van der Waals surface area contributed by atoms with Gasteiger partial charge >= 0.3 is 6.18 Å². The monoisotopic (exact) mass is 372 g/mol. The molecular weight excluding hydrogens is 357 g/mol. The van der Waals surface area contributed by atoms with E-state index in [4.69, 9.17) is 10.5 Å². The maximum atomic E-state index is 12.7. The van der Waals surface area contributed by atoms with Gasteiger partial charge in [0.05, 0.1) is 23.9 Å². The Kier molecular flexibility index (Phi) is 3.91. The molecule has 0 aliphatic rings. The summed E-state index contributed by atoms with van der Waals surface area (Å²) in [5.41, 5.74) is 8.15. The normalized spacial score (nSPS) is 12.0. The standard InChI is InChI=1S/C19H15F3N4O/c1-27-16-4-2-3-14-15-10-13(25-26(15)18(23)24-17(14)16)9-11-5-7-12(8-6-11)19(20,21)22/h2-8,10H,9H2,1H3,(H2,23,24). The highest BCUT2D eigenvalue weighted by atomic mass is 19.4. The summed E-state index contributed by atoms with van der Waals surface area (Å²) < 4.78 is 44.9. The molecule has 2 heterocycles. The Hall–Kier alpha value is -3.29. The maximum Gasteiger partial charge on any atom is 0.416 e. The molecule has 2 N–H and O–H groups in total. The van der Waals surface area contributed by atoms with E-state index in [1.165, 1.54) is 16.6 Å². The molecule has 5 nitrogen and oxygen atoms in total. The molecule has 0 saturated carbocycles. The molecule has 0 aliphatic heterocycles. The average Bonchev–Trinajstić information content (AvgIpc) is 3.06. The number of anilines is 1. The molecule has 0 fully saturated rings. The highest BCUT2D eigenvalue weighted by Gasteiger charge is 2.29. The van der Waals surface area contributed by atoms with Crippen molar-refractivity contribution in [3.8, 4) is 5.75 Å². The number of nitrogens with zero attached hydrogens (tertiary/aromatic N) is 3. The van der Waals surface area contributed by atoms with E-state index < -0.39 is 11.7 Å².